The molecular weight excluding hydrogens is 436 g/mol. The summed E-state index contributed by atoms with van der Waals surface area (Å²) in [5.74, 6) is 1.37. The summed E-state index contributed by atoms with van der Waals surface area (Å²) in [4.78, 5) is 32.6. The first-order valence-electron chi connectivity index (χ1n) is 11.6. The van der Waals surface area contributed by atoms with Gasteiger partial charge in [0.05, 0.1) is 11.0 Å². The maximum atomic E-state index is 12.4. The average Bonchev–Trinajstić information content (AvgIpc) is 2.87. The van der Waals surface area contributed by atoms with Gasteiger partial charge in [-0.15, -0.1) is 0 Å². The summed E-state index contributed by atoms with van der Waals surface area (Å²) in [5.41, 5.74) is 2.49. The van der Waals surface area contributed by atoms with Crippen molar-refractivity contribution in [1.29, 1.82) is 0 Å². The molecule has 0 saturated carbocycles. The van der Waals surface area contributed by atoms with E-state index in [1.807, 2.05) is 30.3 Å². The predicted molar refractivity (Wildman–Crippen MR) is 126 cm³/mol. The van der Waals surface area contributed by atoms with Crippen LogP contribution in [0.25, 0.3) is 11.0 Å². The number of fused-ring (bicyclic) bond motifs is 2. The molecule has 0 aliphatic carbocycles. The second-order valence-electron chi connectivity index (χ2n) is 8.69. The number of pyridine rings is 2. The van der Waals surface area contributed by atoms with Crippen molar-refractivity contribution in [3.05, 3.63) is 64.6 Å². The van der Waals surface area contributed by atoms with Crippen LogP contribution in [0, 0.1) is 0 Å². The number of hydrogen-bond acceptors (Lipinski definition) is 6. The van der Waals surface area contributed by atoms with Crippen LogP contribution in [0.3, 0.4) is 0 Å². The van der Waals surface area contributed by atoms with E-state index in [1.165, 1.54) is 4.90 Å². The zero-order chi connectivity index (χ0) is 23.5. The summed E-state index contributed by atoms with van der Waals surface area (Å²) in [6, 6.07) is 12.6. The fraction of sp³-hybridized carbons (Fsp3) is 0.400. The first-order valence-corrected chi connectivity index (χ1v) is 11.6. The normalized spacial score (nSPS) is 16.5. The molecule has 1 N–H and O–H groups in total. The highest BCUT2D eigenvalue weighted by atomic mass is 16.6. The molecule has 0 radical (unpaired) electrons. The van der Waals surface area contributed by atoms with E-state index in [0.717, 1.165) is 49.1 Å². The van der Waals surface area contributed by atoms with Crippen molar-refractivity contribution in [2.24, 2.45) is 0 Å². The summed E-state index contributed by atoms with van der Waals surface area (Å²) in [6.45, 7) is 4.22. The largest absolute Gasteiger partial charge is 0.486 e. The smallest absolute Gasteiger partial charge is 0.407 e. The Morgan fingerprint density at radius 2 is 1.85 bits per heavy atom. The molecule has 178 valence electrons. The Labute approximate surface area is 197 Å². The van der Waals surface area contributed by atoms with Gasteiger partial charge in [0.25, 0.3) is 5.56 Å². The van der Waals surface area contributed by atoms with Gasteiger partial charge in [-0.3, -0.25) is 9.78 Å². The Kier molecular flexibility index (Phi) is 6.35. The molecule has 0 spiro atoms. The van der Waals surface area contributed by atoms with Gasteiger partial charge in [0.15, 0.2) is 11.5 Å². The van der Waals surface area contributed by atoms with E-state index < -0.39 is 6.09 Å². The van der Waals surface area contributed by atoms with Crippen LogP contribution >= 0.6 is 0 Å². The van der Waals surface area contributed by atoms with Gasteiger partial charge >= 0.3 is 6.09 Å². The maximum Gasteiger partial charge on any atom is 0.407 e. The SMILES string of the molecule is O=C(O)N(Cc1ccc2c(c1)OCCO2)C1CCN(CCn2c(=O)ccc3ncccc32)CC1. The lowest BCUT2D eigenvalue weighted by molar-refractivity contribution is 0.0856. The van der Waals surface area contributed by atoms with E-state index in [0.29, 0.717) is 37.8 Å². The molecule has 1 amide bonds. The fourth-order valence-corrected chi connectivity index (χ4v) is 4.79. The third kappa shape index (κ3) is 4.70. The van der Waals surface area contributed by atoms with Crippen LogP contribution in [0.1, 0.15) is 18.4 Å². The summed E-state index contributed by atoms with van der Waals surface area (Å²) < 4.78 is 13.0. The minimum atomic E-state index is -0.914. The third-order valence-electron chi connectivity index (χ3n) is 6.60. The van der Waals surface area contributed by atoms with Gasteiger partial charge < -0.3 is 28.9 Å². The van der Waals surface area contributed by atoms with Crippen LogP contribution in [-0.2, 0) is 13.1 Å². The third-order valence-corrected chi connectivity index (χ3v) is 6.60. The first-order chi connectivity index (χ1) is 16.6. The number of carboxylic acid groups (broad SMARTS) is 1. The summed E-state index contributed by atoms with van der Waals surface area (Å²) >= 11 is 0. The quantitative estimate of drug-likeness (QED) is 0.599. The van der Waals surface area contributed by atoms with Gasteiger partial charge in [-0.25, -0.2) is 4.79 Å². The van der Waals surface area contributed by atoms with Crippen LogP contribution in [-0.4, -0.2) is 69.4 Å². The van der Waals surface area contributed by atoms with Crippen LogP contribution in [0.15, 0.2) is 53.5 Å². The van der Waals surface area contributed by atoms with E-state index >= 15 is 0 Å². The van der Waals surface area contributed by atoms with Crippen molar-refractivity contribution < 1.29 is 19.4 Å². The van der Waals surface area contributed by atoms with Crippen molar-refractivity contribution in [1.82, 2.24) is 19.4 Å². The highest BCUT2D eigenvalue weighted by Crippen LogP contribution is 2.31. The van der Waals surface area contributed by atoms with Gasteiger partial charge in [-0.2, -0.15) is 0 Å². The monoisotopic (exact) mass is 464 g/mol. The van der Waals surface area contributed by atoms with Crippen molar-refractivity contribution in [2.45, 2.75) is 32.0 Å². The molecule has 1 saturated heterocycles. The molecule has 4 heterocycles. The molecule has 2 aliphatic rings. The minimum Gasteiger partial charge on any atom is -0.486 e. The second-order valence-corrected chi connectivity index (χ2v) is 8.69. The molecular formula is C25H28N4O5. The highest BCUT2D eigenvalue weighted by Gasteiger charge is 2.28. The highest BCUT2D eigenvalue weighted by molar-refractivity contribution is 5.73. The number of hydrogen-bond donors (Lipinski definition) is 1. The van der Waals surface area contributed by atoms with Crippen LogP contribution < -0.4 is 15.0 Å². The summed E-state index contributed by atoms with van der Waals surface area (Å²) in [5, 5.41) is 9.89. The van der Waals surface area contributed by atoms with Crippen molar-refractivity contribution in [2.75, 3.05) is 32.8 Å². The van der Waals surface area contributed by atoms with E-state index in [2.05, 4.69) is 9.88 Å². The van der Waals surface area contributed by atoms with Crippen LogP contribution in [0.4, 0.5) is 4.79 Å². The standard InChI is InChI=1S/C25H28N4O5/c30-24-6-4-20-21(2-1-9-26-20)28(24)13-12-27-10-7-19(8-11-27)29(25(31)32)17-18-3-5-22-23(16-18)34-15-14-33-22/h1-6,9,16,19H,7-8,10-15,17H2,(H,31,32). The summed E-state index contributed by atoms with van der Waals surface area (Å²) in [7, 11) is 0. The Morgan fingerprint density at radius 1 is 1.06 bits per heavy atom. The minimum absolute atomic E-state index is 0.0353. The Balaban J connectivity index is 1.20. The van der Waals surface area contributed by atoms with Gasteiger partial charge in [0.1, 0.15) is 13.2 Å². The lowest BCUT2D eigenvalue weighted by Crippen LogP contribution is -2.47. The molecule has 5 rings (SSSR count). The van der Waals surface area contributed by atoms with Crippen molar-refractivity contribution >= 4 is 17.1 Å². The van der Waals surface area contributed by atoms with Gasteiger partial charge in [-0.05, 0) is 48.7 Å². The second kappa shape index (κ2) is 9.72. The lowest BCUT2D eigenvalue weighted by atomic mass is 10.0. The zero-order valence-corrected chi connectivity index (χ0v) is 18.9. The average molecular weight is 465 g/mol. The number of piperidine rings is 1. The van der Waals surface area contributed by atoms with Crippen LogP contribution in [0.5, 0.6) is 11.5 Å². The van der Waals surface area contributed by atoms with E-state index in [4.69, 9.17) is 9.47 Å². The van der Waals surface area contributed by atoms with Gasteiger partial charge in [0.2, 0.25) is 0 Å². The topological polar surface area (TPSA) is 97.1 Å². The molecule has 0 bridgehead atoms. The molecule has 2 aromatic heterocycles. The molecule has 9 heteroatoms. The first kappa shape index (κ1) is 22.2. The number of rotatable bonds is 6. The number of benzene rings is 1. The lowest BCUT2D eigenvalue weighted by Gasteiger charge is -2.37. The molecule has 3 aromatic rings. The number of carbonyl (C=O) groups is 1. The molecule has 0 atom stereocenters. The number of nitrogens with zero attached hydrogens (tertiary/aromatic N) is 4. The maximum absolute atomic E-state index is 12.4. The van der Waals surface area contributed by atoms with E-state index in [-0.39, 0.29) is 11.6 Å². The molecule has 2 aliphatic heterocycles. The predicted octanol–water partition coefficient (Wildman–Crippen LogP) is 2.81. The van der Waals surface area contributed by atoms with Gasteiger partial charge in [-0.1, -0.05) is 6.07 Å². The Bertz CT molecular complexity index is 1240. The number of ether oxygens (including phenoxy) is 2. The molecule has 0 unspecified atom stereocenters. The van der Waals surface area contributed by atoms with Crippen LogP contribution in [0.2, 0.25) is 0 Å². The number of aromatic nitrogens is 2. The molecule has 9 nitrogen and oxygen atoms in total. The van der Waals surface area contributed by atoms with Crippen molar-refractivity contribution in [3.63, 3.8) is 0 Å². The Hall–Kier alpha value is -3.59. The fourth-order valence-electron chi connectivity index (χ4n) is 4.79. The molecule has 34 heavy (non-hydrogen) atoms. The van der Waals surface area contributed by atoms with E-state index in [1.54, 1.807) is 22.9 Å². The Morgan fingerprint density at radius 3 is 2.65 bits per heavy atom. The zero-order valence-electron chi connectivity index (χ0n) is 18.9. The summed E-state index contributed by atoms with van der Waals surface area (Å²) in [6.07, 6.45) is 2.32. The molecule has 1 fully saturated rings. The van der Waals surface area contributed by atoms with Crippen molar-refractivity contribution in [3.8, 4) is 11.5 Å². The van der Waals surface area contributed by atoms with E-state index in [9.17, 15) is 14.7 Å². The molecule has 1 aromatic carbocycles. The number of amides is 1. The number of likely N-dealkylation sites (tertiary alicyclic amines) is 1. The van der Waals surface area contributed by atoms with Gasteiger partial charge in [0, 0.05) is 51.0 Å².